The molecule has 0 radical (unpaired) electrons. The number of aryl methyl sites for hydroxylation is 1. The van der Waals surface area contributed by atoms with Gasteiger partial charge in [-0.25, -0.2) is 0 Å². The lowest BCUT2D eigenvalue weighted by atomic mass is 10.0. The van der Waals surface area contributed by atoms with Crippen LogP contribution in [0.2, 0.25) is 0 Å². The molecule has 4 rings (SSSR count). The smallest absolute Gasteiger partial charge is 0.0417 e. The molecule has 0 bridgehead atoms. The first kappa shape index (κ1) is 19.5. The summed E-state index contributed by atoms with van der Waals surface area (Å²) in [4.78, 5) is 8.98. The van der Waals surface area contributed by atoms with E-state index in [1.807, 2.05) is 12.4 Å². The summed E-state index contributed by atoms with van der Waals surface area (Å²) in [5.41, 5.74) is 7.56. The summed E-state index contributed by atoms with van der Waals surface area (Å²) in [6.45, 7) is 5.24. The van der Waals surface area contributed by atoms with Crippen LogP contribution < -0.4 is 10.2 Å². The summed E-state index contributed by atoms with van der Waals surface area (Å²) in [5.74, 6) is 0. The van der Waals surface area contributed by atoms with Crippen molar-refractivity contribution in [1.82, 2.24) is 9.88 Å². The summed E-state index contributed by atoms with van der Waals surface area (Å²) in [5, 5.41) is 3.62. The Morgan fingerprint density at radius 3 is 2.62 bits per heavy atom. The second kappa shape index (κ2) is 8.66. The van der Waals surface area contributed by atoms with E-state index < -0.39 is 0 Å². The third-order valence-electron chi connectivity index (χ3n) is 5.88. The van der Waals surface area contributed by atoms with Crippen molar-refractivity contribution in [1.29, 1.82) is 0 Å². The van der Waals surface area contributed by atoms with Crippen LogP contribution in [0.25, 0.3) is 11.1 Å². The number of rotatable bonds is 6. The number of nitrogens with one attached hydrogen (secondary N) is 1. The van der Waals surface area contributed by atoms with Gasteiger partial charge in [-0.1, -0.05) is 24.3 Å². The minimum Gasteiger partial charge on any atom is -0.381 e. The Bertz CT molecular complexity index is 952. The van der Waals surface area contributed by atoms with Crippen molar-refractivity contribution in [3.8, 4) is 11.1 Å². The van der Waals surface area contributed by atoms with Crippen LogP contribution in [0.1, 0.15) is 17.5 Å². The molecule has 1 unspecified atom stereocenters. The van der Waals surface area contributed by atoms with Gasteiger partial charge in [0.1, 0.15) is 0 Å². The van der Waals surface area contributed by atoms with Crippen LogP contribution in [0.3, 0.4) is 0 Å². The monoisotopic (exact) mass is 386 g/mol. The second-order valence-corrected chi connectivity index (χ2v) is 8.14. The van der Waals surface area contributed by atoms with Crippen LogP contribution in [0.5, 0.6) is 0 Å². The molecule has 0 amide bonds. The van der Waals surface area contributed by atoms with E-state index in [2.05, 4.69) is 95.7 Å². The Morgan fingerprint density at radius 2 is 1.86 bits per heavy atom. The highest BCUT2D eigenvalue weighted by Gasteiger charge is 2.25. The van der Waals surface area contributed by atoms with Crippen molar-refractivity contribution in [3.05, 3.63) is 78.1 Å². The van der Waals surface area contributed by atoms with E-state index in [1.165, 1.54) is 40.0 Å². The lowest BCUT2D eigenvalue weighted by molar-refractivity contribution is 0.315. The minimum atomic E-state index is 0.641. The molecule has 0 saturated carbocycles. The van der Waals surface area contributed by atoms with E-state index in [0.717, 1.165) is 19.6 Å². The predicted molar refractivity (Wildman–Crippen MR) is 122 cm³/mol. The Kier molecular flexibility index (Phi) is 5.81. The molecule has 1 atom stereocenters. The third kappa shape index (κ3) is 4.60. The standard InChI is InChI=1S/C25H30N4/c1-19-7-8-23(16-25(19)29-14-11-24(18-29)28(2)3)27-17-20-5-4-6-22(15-20)21-9-12-26-13-10-21/h4-10,12-13,15-16,24,27H,11,14,17-18H2,1-3H3. The summed E-state index contributed by atoms with van der Waals surface area (Å²) in [6, 6.07) is 20.2. The number of likely N-dealkylation sites (N-methyl/N-ethyl adjacent to an activating group) is 1. The molecule has 1 aromatic heterocycles. The molecule has 1 saturated heterocycles. The van der Waals surface area contributed by atoms with Gasteiger partial charge in [0.25, 0.3) is 0 Å². The van der Waals surface area contributed by atoms with E-state index in [1.54, 1.807) is 0 Å². The SMILES string of the molecule is Cc1ccc(NCc2cccc(-c3ccncc3)c2)cc1N1CCC(N(C)C)C1. The zero-order valence-corrected chi connectivity index (χ0v) is 17.6. The average Bonchev–Trinajstić information content (AvgIpc) is 3.24. The Balaban J connectivity index is 1.46. The maximum Gasteiger partial charge on any atom is 0.0417 e. The fraction of sp³-hybridized carbons (Fsp3) is 0.320. The Morgan fingerprint density at radius 1 is 1.03 bits per heavy atom. The number of pyridine rings is 1. The zero-order valence-electron chi connectivity index (χ0n) is 17.6. The number of hydrogen-bond acceptors (Lipinski definition) is 4. The number of nitrogens with zero attached hydrogens (tertiary/aromatic N) is 3. The van der Waals surface area contributed by atoms with Gasteiger partial charge in [0.05, 0.1) is 0 Å². The van der Waals surface area contributed by atoms with Crippen molar-refractivity contribution in [2.45, 2.75) is 25.9 Å². The number of aromatic nitrogens is 1. The largest absolute Gasteiger partial charge is 0.381 e. The van der Waals surface area contributed by atoms with Crippen LogP contribution in [-0.2, 0) is 6.54 Å². The molecule has 2 heterocycles. The van der Waals surface area contributed by atoms with Crippen LogP contribution in [0.4, 0.5) is 11.4 Å². The molecule has 1 fully saturated rings. The molecule has 29 heavy (non-hydrogen) atoms. The fourth-order valence-electron chi connectivity index (χ4n) is 4.05. The van der Waals surface area contributed by atoms with Gasteiger partial charge in [0.15, 0.2) is 0 Å². The van der Waals surface area contributed by atoms with Crippen LogP contribution in [0, 0.1) is 6.92 Å². The molecule has 0 aliphatic carbocycles. The van der Waals surface area contributed by atoms with E-state index in [0.29, 0.717) is 6.04 Å². The van der Waals surface area contributed by atoms with Crippen molar-refractivity contribution in [2.75, 3.05) is 37.4 Å². The maximum absolute atomic E-state index is 4.11. The summed E-state index contributed by atoms with van der Waals surface area (Å²) >= 11 is 0. The highest BCUT2D eigenvalue weighted by molar-refractivity contribution is 5.65. The molecule has 1 aliphatic rings. The molecule has 0 spiro atoms. The van der Waals surface area contributed by atoms with Gasteiger partial charge < -0.3 is 15.1 Å². The van der Waals surface area contributed by atoms with E-state index >= 15 is 0 Å². The normalized spacial score (nSPS) is 16.4. The van der Waals surface area contributed by atoms with Crippen molar-refractivity contribution < 1.29 is 0 Å². The lowest BCUT2D eigenvalue weighted by Gasteiger charge is -2.24. The first-order valence-corrected chi connectivity index (χ1v) is 10.4. The molecular weight excluding hydrogens is 356 g/mol. The maximum atomic E-state index is 4.11. The van der Waals surface area contributed by atoms with Gasteiger partial charge in [-0.15, -0.1) is 0 Å². The van der Waals surface area contributed by atoms with Crippen LogP contribution in [-0.4, -0.2) is 43.1 Å². The third-order valence-corrected chi connectivity index (χ3v) is 5.88. The quantitative estimate of drug-likeness (QED) is 0.659. The van der Waals surface area contributed by atoms with E-state index in [4.69, 9.17) is 0 Å². The molecule has 2 aromatic carbocycles. The van der Waals surface area contributed by atoms with Gasteiger partial charge in [-0.2, -0.15) is 0 Å². The summed E-state index contributed by atoms with van der Waals surface area (Å²) < 4.78 is 0. The second-order valence-electron chi connectivity index (χ2n) is 8.14. The zero-order chi connectivity index (χ0) is 20.2. The van der Waals surface area contributed by atoms with E-state index in [-0.39, 0.29) is 0 Å². The Labute approximate surface area is 174 Å². The van der Waals surface area contributed by atoms with Crippen molar-refractivity contribution in [3.63, 3.8) is 0 Å². The topological polar surface area (TPSA) is 31.4 Å². The summed E-state index contributed by atoms with van der Waals surface area (Å²) in [6.07, 6.45) is 4.91. The van der Waals surface area contributed by atoms with Gasteiger partial charge in [0.2, 0.25) is 0 Å². The summed E-state index contributed by atoms with van der Waals surface area (Å²) in [7, 11) is 4.36. The molecule has 3 aromatic rings. The first-order valence-electron chi connectivity index (χ1n) is 10.4. The molecule has 4 nitrogen and oxygen atoms in total. The highest BCUT2D eigenvalue weighted by atomic mass is 15.2. The number of benzene rings is 2. The predicted octanol–water partition coefficient (Wildman–Crippen LogP) is 4.81. The van der Waals surface area contributed by atoms with Crippen LogP contribution >= 0.6 is 0 Å². The van der Waals surface area contributed by atoms with Gasteiger partial charge in [-0.3, -0.25) is 4.98 Å². The van der Waals surface area contributed by atoms with Crippen LogP contribution in [0.15, 0.2) is 67.0 Å². The fourth-order valence-corrected chi connectivity index (χ4v) is 4.05. The molecule has 1 N–H and O–H groups in total. The lowest BCUT2D eigenvalue weighted by Crippen LogP contribution is -2.31. The van der Waals surface area contributed by atoms with Crippen molar-refractivity contribution in [2.24, 2.45) is 0 Å². The molecular formula is C25H30N4. The van der Waals surface area contributed by atoms with Crippen molar-refractivity contribution >= 4 is 11.4 Å². The van der Waals surface area contributed by atoms with Gasteiger partial charge >= 0.3 is 0 Å². The highest BCUT2D eigenvalue weighted by Crippen LogP contribution is 2.29. The average molecular weight is 387 g/mol. The molecule has 4 heteroatoms. The molecule has 150 valence electrons. The first-order chi connectivity index (χ1) is 14.1. The number of anilines is 2. The minimum absolute atomic E-state index is 0.641. The van der Waals surface area contributed by atoms with E-state index in [9.17, 15) is 0 Å². The number of hydrogen-bond donors (Lipinski definition) is 1. The van der Waals surface area contributed by atoms with Gasteiger partial charge in [0, 0.05) is 49.4 Å². The Hall–Kier alpha value is -2.85. The molecule has 1 aliphatic heterocycles. The van der Waals surface area contributed by atoms with Gasteiger partial charge in [-0.05, 0) is 80.0 Å².